The van der Waals surface area contributed by atoms with Gasteiger partial charge in [-0.05, 0) is 18.2 Å². The van der Waals surface area contributed by atoms with Gasteiger partial charge >= 0.3 is 5.69 Å². The highest BCUT2D eigenvalue weighted by molar-refractivity contribution is 6.04. The van der Waals surface area contributed by atoms with Crippen molar-refractivity contribution in [2.75, 3.05) is 7.11 Å². The second-order valence-corrected chi connectivity index (χ2v) is 2.71. The van der Waals surface area contributed by atoms with Gasteiger partial charge in [-0.1, -0.05) is 6.58 Å². The van der Waals surface area contributed by atoms with Crippen molar-refractivity contribution in [2.45, 2.75) is 0 Å². The number of carbonyl (C=O) groups is 1. The number of allylic oxidation sites excluding steroid dienone is 1. The third-order valence-corrected chi connectivity index (χ3v) is 1.85. The summed E-state index contributed by atoms with van der Waals surface area (Å²) in [5, 5.41) is 10.6. The van der Waals surface area contributed by atoms with Gasteiger partial charge in [-0.3, -0.25) is 14.9 Å². The number of hydrogen-bond acceptors (Lipinski definition) is 4. The molecule has 0 fully saturated rings. The zero-order chi connectivity index (χ0) is 11.4. The molecule has 78 valence electrons. The number of ketones is 1. The van der Waals surface area contributed by atoms with Crippen LogP contribution in [0, 0.1) is 10.1 Å². The molecule has 0 saturated heterocycles. The summed E-state index contributed by atoms with van der Waals surface area (Å²) < 4.78 is 4.81. The average Bonchev–Trinajstić information content (AvgIpc) is 2.26. The highest BCUT2D eigenvalue weighted by Gasteiger charge is 2.16. The Morgan fingerprint density at radius 3 is 2.73 bits per heavy atom. The van der Waals surface area contributed by atoms with Crippen LogP contribution in [0.25, 0.3) is 0 Å². The lowest BCUT2D eigenvalue weighted by Gasteiger charge is -2.02. The molecule has 0 N–H and O–H groups in total. The summed E-state index contributed by atoms with van der Waals surface area (Å²) in [6.45, 7) is 3.33. The Hall–Kier alpha value is -2.17. The minimum Gasteiger partial charge on any atom is -0.490 e. The van der Waals surface area contributed by atoms with E-state index in [1.165, 1.54) is 25.3 Å². The van der Waals surface area contributed by atoms with Gasteiger partial charge in [0.15, 0.2) is 11.5 Å². The lowest BCUT2D eigenvalue weighted by Crippen LogP contribution is -1.98. The molecule has 0 unspecified atom stereocenters. The molecular weight excluding hydrogens is 198 g/mol. The standard InChI is InChI=1S/C10H9NO4/c1-3-9(12)7-4-5-8(11(13)14)10(6-7)15-2/h3-6H,1H2,2H3. The van der Waals surface area contributed by atoms with Gasteiger partial charge in [0.25, 0.3) is 0 Å². The molecule has 0 radical (unpaired) electrons. The smallest absolute Gasteiger partial charge is 0.310 e. The number of ether oxygens (including phenoxy) is 1. The van der Waals surface area contributed by atoms with Crippen molar-refractivity contribution in [1.82, 2.24) is 0 Å². The first kappa shape index (κ1) is 10.9. The van der Waals surface area contributed by atoms with Crippen molar-refractivity contribution in [1.29, 1.82) is 0 Å². The quantitative estimate of drug-likeness (QED) is 0.327. The predicted octanol–water partition coefficient (Wildman–Crippen LogP) is 1.97. The molecule has 0 saturated carbocycles. The fourth-order valence-corrected chi connectivity index (χ4v) is 1.10. The Kier molecular flexibility index (Phi) is 3.17. The maximum Gasteiger partial charge on any atom is 0.310 e. The minimum atomic E-state index is -0.568. The summed E-state index contributed by atoms with van der Waals surface area (Å²) in [6.07, 6.45) is 1.14. The molecule has 0 amide bonds. The maximum absolute atomic E-state index is 11.2. The van der Waals surface area contributed by atoms with Gasteiger partial charge in [0.05, 0.1) is 12.0 Å². The molecular formula is C10H9NO4. The van der Waals surface area contributed by atoms with Crippen LogP contribution in [0.4, 0.5) is 5.69 Å². The van der Waals surface area contributed by atoms with E-state index in [0.717, 1.165) is 6.08 Å². The topological polar surface area (TPSA) is 69.4 Å². The number of nitro groups is 1. The molecule has 0 aliphatic heterocycles. The Balaban J connectivity index is 3.24. The summed E-state index contributed by atoms with van der Waals surface area (Å²) in [5.41, 5.74) is 0.144. The summed E-state index contributed by atoms with van der Waals surface area (Å²) in [7, 11) is 1.31. The van der Waals surface area contributed by atoms with Gasteiger partial charge in [-0.15, -0.1) is 0 Å². The van der Waals surface area contributed by atoms with Crippen molar-refractivity contribution in [3.05, 3.63) is 46.5 Å². The van der Waals surface area contributed by atoms with Gasteiger partial charge in [0.2, 0.25) is 0 Å². The Morgan fingerprint density at radius 1 is 1.60 bits per heavy atom. The number of hydrogen-bond donors (Lipinski definition) is 0. The highest BCUT2D eigenvalue weighted by atomic mass is 16.6. The molecule has 1 aromatic carbocycles. The lowest BCUT2D eigenvalue weighted by atomic mass is 10.1. The van der Waals surface area contributed by atoms with Crippen molar-refractivity contribution in [2.24, 2.45) is 0 Å². The van der Waals surface area contributed by atoms with Crippen molar-refractivity contribution in [3.8, 4) is 5.75 Å². The summed E-state index contributed by atoms with van der Waals surface area (Å²) >= 11 is 0. The van der Waals surface area contributed by atoms with E-state index in [9.17, 15) is 14.9 Å². The molecule has 5 heteroatoms. The van der Waals surface area contributed by atoms with Crippen LogP contribution in [0.15, 0.2) is 30.9 Å². The van der Waals surface area contributed by atoms with E-state index in [2.05, 4.69) is 6.58 Å². The Labute approximate surface area is 86.1 Å². The second-order valence-electron chi connectivity index (χ2n) is 2.71. The molecule has 1 rings (SSSR count). The minimum absolute atomic E-state index is 0.0627. The molecule has 0 heterocycles. The second kappa shape index (κ2) is 4.36. The normalized spacial score (nSPS) is 9.40. The number of nitro benzene ring substituents is 1. The molecule has 1 aromatic rings. The Morgan fingerprint density at radius 2 is 2.27 bits per heavy atom. The molecule has 0 aliphatic rings. The first-order chi connectivity index (χ1) is 7.10. The number of rotatable bonds is 4. The van der Waals surface area contributed by atoms with Crippen LogP contribution in [0.2, 0.25) is 0 Å². The van der Waals surface area contributed by atoms with Crippen LogP contribution in [0.3, 0.4) is 0 Å². The van der Waals surface area contributed by atoms with E-state index in [4.69, 9.17) is 4.74 Å². The first-order valence-electron chi connectivity index (χ1n) is 4.09. The third-order valence-electron chi connectivity index (χ3n) is 1.85. The molecule has 5 nitrogen and oxygen atoms in total. The van der Waals surface area contributed by atoms with Crippen LogP contribution in [0.5, 0.6) is 5.75 Å². The number of carbonyl (C=O) groups excluding carboxylic acids is 1. The van der Waals surface area contributed by atoms with Crippen molar-refractivity contribution >= 4 is 11.5 Å². The molecule has 0 aromatic heterocycles. The van der Waals surface area contributed by atoms with E-state index >= 15 is 0 Å². The van der Waals surface area contributed by atoms with Gasteiger partial charge in [-0.25, -0.2) is 0 Å². The van der Waals surface area contributed by atoms with Crippen LogP contribution < -0.4 is 4.74 Å². The van der Waals surface area contributed by atoms with E-state index < -0.39 is 4.92 Å². The monoisotopic (exact) mass is 207 g/mol. The van der Waals surface area contributed by atoms with Gasteiger partial charge in [0.1, 0.15) is 0 Å². The molecule has 0 spiro atoms. The first-order valence-corrected chi connectivity index (χ1v) is 4.09. The van der Waals surface area contributed by atoms with Gasteiger partial charge < -0.3 is 4.74 Å². The SMILES string of the molecule is C=CC(=O)c1ccc([N+](=O)[O-])c(OC)c1. The largest absolute Gasteiger partial charge is 0.490 e. The average molecular weight is 207 g/mol. The fraction of sp³-hybridized carbons (Fsp3) is 0.100. The van der Waals surface area contributed by atoms with Gasteiger partial charge in [0, 0.05) is 11.6 Å². The zero-order valence-electron chi connectivity index (χ0n) is 8.10. The number of benzene rings is 1. The Bertz CT molecular complexity index is 425. The molecule has 15 heavy (non-hydrogen) atoms. The molecule has 0 atom stereocenters. The fourth-order valence-electron chi connectivity index (χ4n) is 1.10. The predicted molar refractivity (Wildman–Crippen MR) is 54.2 cm³/mol. The van der Waals surface area contributed by atoms with Crippen molar-refractivity contribution in [3.63, 3.8) is 0 Å². The summed E-state index contributed by atoms with van der Waals surface area (Å²) in [4.78, 5) is 21.2. The van der Waals surface area contributed by atoms with E-state index in [1.807, 2.05) is 0 Å². The van der Waals surface area contributed by atoms with Crippen LogP contribution in [-0.4, -0.2) is 17.8 Å². The number of nitrogens with zero attached hydrogens (tertiary/aromatic N) is 1. The van der Waals surface area contributed by atoms with Crippen LogP contribution in [-0.2, 0) is 0 Å². The lowest BCUT2D eigenvalue weighted by molar-refractivity contribution is -0.385. The van der Waals surface area contributed by atoms with Crippen molar-refractivity contribution < 1.29 is 14.5 Å². The molecule has 0 aliphatic carbocycles. The third kappa shape index (κ3) is 2.19. The highest BCUT2D eigenvalue weighted by Crippen LogP contribution is 2.27. The number of methoxy groups -OCH3 is 1. The van der Waals surface area contributed by atoms with Gasteiger partial charge in [-0.2, -0.15) is 0 Å². The zero-order valence-corrected chi connectivity index (χ0v) is 8.10. The summed E-state index contributed by atoms with van der Waals surface area (Å²) in [6, 6.07) is 3.92. The van der Waals surface area contributed by atoms with E-state index in [1.54, 1.807) is 0 Å². The molecule has 0 bridgehead atoms. The van der Waals surface area contributed by atoms with E-state index in [0.29, 0.717) is 5.56 Å². The van der Waals surface area contributed by atoms with E-state index in [-0.39, 0.29) is 17.2 Å². The van der Waals surface area contributed by atoms with Crippen LogP contribution in [0.1, 0.15) is 10.4 Å². The summed E-state index contributed by atoms with van der Waals surface area (Å²) in [5.74, 6) is -0.240. The van der Waals surface area contributed by atoms with Crippen LogP contribution >= 0.6 is 0 Å². The maximum atomic E-state index is 11.2.